The van der Waals surface area contributed by atoms with E-state index >= 15 is 0 Å². The molecule has 2 heterocycles. The maximum Gasteiger partial charge on any atom is 0.338 e. The van der Waals surface area contributed by atoms with Gasteiger partial charge in [-0.05, 0) is 68.5 Å². The van der Waals surface area contributed by atoms with Crippen LogP contribution in [0.1, 0.15) is 37.9 Å². The molecular weight excluding hydrogens is 514 g/mol. The highest BCUT2D eigenvalue weighted by Crippen LogP contribution is 2.43. The van der Waals surface area contributed by atoms with Crippen molar-refractivity contribution in [2.45, 2.75) is 33.7 Å². The van der Waals surface area contributed by atoms with Crippen molar-refractivity contribution in [2.24, 2.45) is 4.99 Å². The van der Waals surface area contributed by atoms with Gasteiger partial charge in [0.25, 0.3) is 5.91 Å². The number of anilines is 1. The van der Waals surface area contributed by atoms with Gasteiger partial charge in [0.1, 0.15) is 0 Å². The highest BCUT2D eigenvalue weighted by molar-refractivity contribution is 8.16. The van der Waals surface area contributed by atoms with Crippen molar-refractivity contribution in [3.8, 4) is 11.5 Å². The second kappa shape index (κ2) is 11.7. The lowest BCUT2D eigenvalue weighted by Crippen LogP contribution is -2.34. The number of ether oxygens (including phenoxy) is 3. The van der Waals surface area contributed by atoms with Gasteiger partial charge in [-0.1, -0.05) is 35.5 Å². The number of aliphatic imine (C=N–C) groups is 1. The standard InChI is InChI=1S/C27H28ClN3O5S/c1-5-34-22-14-18(25-24(26(33)35-6-2)17(4)29-27-31(25)12-13-37-27)10-11-21(22)36-15-23(32)30-20-9-7-8-19(28)16(20)3/h7-14,25H,5-6,15H2,1-4H3,(H,30,32)/t25-/m0/s1. The Hall–Kier alpha value is -3.43. The van der Waals surface area contributed by atoms with Crippen molar-refractivity contribution in [3.63, 3.8) is 0 Å². The number of thioether (sulfide) groups is 1. The number of carbonyl (C=O) groups is 2. The predicted molar refractivity (Wildman–Crippen MR) is 146 cm³/mol. The van der Waals surface area contributed by atoms with Crippen LogP contribution < -0.4 is 14.8 Å². The van der Waals surface area contributed by atoms with E-state index in [-0.39, 0.29) is 19.1 Å². The van der Waals surface area contributed by atoms with E-state index in [2.05, 4.69) is 10.3 Å². The highest BCUT2D eigenvalue weighted by Gasteiger charge is 2.37. The molecule has 2 aliphatic heterocycles. The summed E-state index contributed by atoms with van der Waals surface area (Å²) >= 11 is 7.63. The number of esters is 1. The summed E-state index contributed by atoms with van der Waals surface area (Å²) < 4.78 is 17.0. The summed E-state index contributed by atoms with van der Waals surface area (Å²) in [5.74, 6) is 0.141. The highest BCUT2D eigenvalue weighted by atomic mass is 35.5. The van der Waals surface area contributed by atoms with Gasteiger partial charge in [0.2, 0.25) is 0 Å². The van der Waals surface area contributed by atoms with E-state index in [4.69, 9.17) is 25.8 Å². The molecule has 0 unspecified atom stereocenters. The molecular formula is C27H28ClN3O5S. The molecule has 8 nitrogen and oxygen atoms in total. The Kier molecular flexibility index (Phi) is 8.45. The van der Waals surface area contributed by atoms with Crippen molar-refractivity contribution in [3.05, 3.63) is 75.4 Å². The Morgan fingerprint density at radius 2 is 1.92 bits per heavy atom. The molecule has 0 spiro atoms. The van der Waals surface area contributed by atoms with E-state index in [1.165, 1.54) is 11.8 Å². The van der Waals surface area contributed by atoms with Gasteiger partial charge in [0, 0.05) is 16.9 Å². The smallest absolute Gasteiger partial charge is 0.338 e. The Bertz CT molecular complexity index is 1310. The minimum atomic E-state index is -0.444. The average molecular weight is 542 g/mol. The molecule has 37 heavy (non-hydrogen) atoms. The third-order valence-electron chi connectivity index (χ3n) is 5.80. The number of nitrogens with zero attached hydrogens (tertiary/aromatic N) is 2. The van der Waals surface area contributed by atoms with Gasteiger partial charge in [0.15, 0.2) is 23.3 Å². The zero-order chi connectivity index (χ0) is 26.5. The van der Waals surface area contributed by atoms with Gasteiger partial charge in [-0.25, -0.2) is 9.79 Å². The average Bonchev–Trinajstić information content (AvgIpc) is 3.33. The number of hydrogen-bond donors (Lipinski definition) is 1. The summed E-state index contributed by atoms with van der Waals surface area (Å²) in [5.41, 5.74) is 3.28. The molecule has 0 aromatic heterocycles. The Balaban J connectivity index is 1.58. The quantitative estimate of drug-likeness (QED) is 0.399. The van der Waals surface area contributed by atoms with E-state index in [9.17, 15) is 9.59 Å². The Morgan fingerprint density at radius 1 is 1.11 bits per heavy atom. The van der Waals surface area contributed by atoms with Crippen LogP contribution in [0.25, 0.3) is 0 Å². The van der Waals surface area contributed by atoms with E-state index in [1.54, 1.807) is 31.2 Å². The molecule has 0 saturated carbocycles. The lowest BCUT2D eigenvalue weighted by Gasteiger charge is -2.33. The molecule has 2 aromatic carbocycles. The predicted octanol–water partition coefficient (Wildman–Crippen LogP) is 5.83. The number of amides is 1. The number of amidine groups is 1. The number of allylic oxidation sites excluding steroid dienone is 1. The van der Waals surface area contributed by atoms with Crippen molar-refractivity contribution >= 4 is 46.1 Å². The van der Waals surface area contributed by atoms with E-state index in [0.717, 1.165) is 16.3 Å². The van der Waals surface area contributed by atoms with Gasteiger partial charge >= 0.3 is 5.97 Å². The fourth-order valence-electron chi connectivity index (χ4n) is 4.05. The first-order valence-corrected chi connectivity index (χ1v) is 13.1. The van der Waals surface area contributed by atoms with E-state index < -0.39 is 12.0 Å². The fraction of sp³-hybridized carbons (Fsp3) is 0.296. The second-order valence-corrected chi connectivity index (χ2v) is 9.50. The minimum absolute atomic E-state index is 0.218. The fourth-order valence-corrected chi connectivity index (χ4v) is 5.02. The first-order valence-electron chi connectivity index (χ1n) is 11.9. The first-order chi connectivity index (χ1) is 17.8. The molecule has 4 rings (SSSR count). The summed E-state index contributed by atoms with van der Waals surface area (Å²) in [4.78, 5) is 32.0. The molecule has 0 radical (unpaired) electrons. The third kappa shape index (κ3) is 5.78. The summed E-state index contributed by atoms with van der Waals surface area (Å²) in [5, 5.41) is 6.10. The number of carbonyl (C=O) groups excluding carboxylic acids is 2. The van der Waals surface area contributed by atoms with Crippen LogP contribution in [-0.2, 0) is 14.3 Å². The Labute approximate surface area is 225 Å². The van der Waals surface area contributed by atoms with Gasteiger partial charge in [-0.3, -0.25) is 4.79 Å². The molecule has 0 bridgehead atoms. The van der Waals surface area contributed by atoms with Crippen LogP contribution in [0.15, 0.2) is 64.3 Å². The summed E-state index contributed by atoms with van der Waals surface area (Å²) in [6.07, 6.45) is 1.90. The molecule has 0 aliphatic carbocycles. The zero-order valence-corrected chi connectivity index (χ0v) is 22.6. The van der Waals surface area contributed by atoms with Crippen LogP contribution >= 0.6 is 23.4 Å². The number of benzene rings is 2. The van der Waals surface area contributed by atoms with Crippen molar-refractivity contribution in [1.29, 1.82) is 0 Å². The molecule has 1 atom stereocenters. The topological polar surface area (TPSA) is 89.5 Å². The minimum Gasteiger partial charge on any atom is -0.490 e. The van der Waals surface area contributed by atoms with Crippen LogP contribution in [0, 0.1) is 6.92 Å². The number of halogens is 1. The summed E-state index contributed by atoms with van der Waals surface area (Å²) in [6.45, 7) is 7.72. The van der Waals surface area contributed by atoms with Crippen LogP contribution in [-0.4, -0.2) is 41.8 Å². The summed E-state index contributed by atoms with van der Waals surface area (Å²) in [6, 6.07) is 10.3. The number of hydrogen-bond acceptors (Lipinski definition) is 8. The lowest BCUT2D eigenvalue weighted by molar-refractivity contribution is -0.139. The molecule has 194 valence electrons. The van der Waals surface area contributed by atoms with Gasteiger partial charge in [-0.2, -0.15) is 0 Å². The Morgan fingerprint density at radius 3 is 2.68 bits per heavy atom. The number of rotatable bonds is 9. The maximum absolute atomic E-state index is 12.9. The third-order valence-corrected chi connectivity index (χ3v) is 6.98. The SMILES string of the molecule is CCOC(=O)C1=C(C)N=C2SC=CN2[C@H]1c1ccc(OCC(=O)Nc2cccc(Cl)c2C)c(OCC)c1. The number of nitrogens with one attached hydrogen (secondary N) is 1. The van der Waals surface area contributed by atoms with Crippen LogP contribution in [0.2, 0.25) is 5.02 Å². The monoisotopic (exact) mass is 541 g/mol. The molecule has 1 N–H and O–H groups in total. The van der Waals surface area contributed by atoms with Crippen molar-refractivity contribution in [2.75, 3.05) is 25.1 Å². The van der Waals surface area contributed by atoms with E-state index in [0.29, 0.717) is 40.1 Å². The van der Waals surface area contributed by atoms with Crippen LogP contribution in [0.3, 0.4) is 0 Å². The summed E-state index contributed by atoms with van der Waals surface area (Å²) in [7, 11) is 0. The van der Waals surface area contributed by atoms with Crippen LogP contribution in [0.4, 0.5) is 5.69 Å². The normalized spacial score (nSPS) is 16.3. The molecule has 0 saturated heterocycles. The second-order valence-electron chi connectivity index (χ2n) is 8.22. The van der Waals surface area contributed by atoms with Gasteiger partial charge in [0.05, 0.1) is 30.5 Å². The lowest BCUT2D eigenvalue weighted by atomic mass is 9.94. The molecule has 2 aromatic rings. The molecule has 10 heteroatoms. The zero-order valence-electron chi connectivity index (χ0n) is 21.0. The number of fused-ring (bicyclic) bond motifs is 1. The van der Waals surface area contributed by atoms with Crippen LogP contribution in [0.5, 0.6) is 11.5 Å². The van der Waals surface area contributed by atoms with Gasteiger partial charge in [-0.15, -0.1) is 0 Å². The largest absolute Gasteiger partial charge is 0.490 e. The van der Waals surface area contributed by atoms with Crippen molar-refractivity contribution < 1.29 is 23.8 Å². The van der Waals surface area contributed by atoms with Crippen molar-refractivity contribution in [1.82, 2.24) is 4.90 Å². The first kappa shape index (κ1) is 26.6. The molecule has 1 amide bonds. The maximum atomic E-state index is 12.9. The molecule has 2 aliphatic rings. The van der Waals surface area contributed by atoms with E-state index in [1.807, 2.05) is 49.4 Å². The van der Waals surface area contributed by atoms with Gasteiger partial charge < -0.3 is 24.4 Å². The molecule has 0 fully saturated rings.